The Bertz CT molecular complexity index is 1150. The Morgan fingerprint density at radius 2 is 1.68 bits per heavy atom. The molecule has 1 saturated carbocycles. The smallest absolute Gasteiger partial charge is 0.329 e. The van der Waals surface area contributed by atoms with Gasteiger partial charge in [0.15, 0.2) is 0 Å². The van der Waals surface area contributed by atoms with E-state index in [4.69, 9.17) is 19.7 Å². The molecule has 0 radical (unpaired) electrons. The van der Waals surface area contributed by atoms with Gasteiger partial charge in [0.2, 0.25) is 0 Å². The molecular weight excluding hydrogens is 432 g/mol. The predicted octanol–water partition coefficient (Wildman–Crippen LogP) is 4.49. The Balaban J connectivity index is 1.54. The van der Waals surface area contributed by atoms with Gasteiger partial charge in [0, 0.05) is 23.7 Å². The predicted molar refractivity (Wildman–Crippen MR) is 130 cm³/mol. The van der Waals surface area contributed by atoms with Crippen LogP contribution in [0.4, 0.5) is 0 Å². The Kier molecular flexibility index (Phi) is 7.75. The molecule has 1 aromatic heterocycles. The van der Waals surface area contributed by atoms with Crippen LogP contribution in [-0.4, -0.2) is 41.2 Å². The Morgan fingerprint density at radius 3 is 2.32 bits per heavy atom. The van der Waals surface area contributed by atoms with Crippen LogP contribution < -0.4 is 10.3 Å². The number of ether oxygens (including phenoxy) is 2. The number of hydrogen-bond acceptors (Lipinski definition) is 5. The lowest BCUT2D eigenvalue weighted by Gasteiger charge is -2.28. The fraction of sp³-hybridized carbons (Fsp3) is 0.370. The van der Waals surface area contributed by atoms with E-state index in [9.17, 15) is 9.59 Å². The molecule has 0 bridgehead atoms. The number of carboxylic acid groups (broad SMARTS) is 1. The first kappa shape index (κ1) is 23.7. The molecule has 0 aliphatic heterocycles. The van der Waals surface area contributed by atoms with Crippen LogP contribution in [0.1, 0.15) is 25.7 Å². The molecule has 7 heteroatoms. The van der Waals surface area contributed by atoms with E-state index in [2.05, 4.69) is 0 Å². The molecule has 0 unspecified atom stereocenters. The van der Waals surface area contributed by atoms with Crippen molar-refractivity contribution < 1.29 is 19.4 Å². The molecule has 1 heterocycles. The highest BCUT2D eigenvalue weighted by molar-refractivity contribution is 5.80. The summed E-state index contributed by atoms with van der Waals surface area (Å²) in [5.74, 6) is 0.552. The summed E-state index contributed by atoms with van der Waals surface area (Å²) in [6.07, 6.45) is 3.87. The highest BCUT2D eigenvalue weighted by Crippen LogP contribution is 2.32. The van der Waals surface area contributed by atoms with E-state index in [1.807, 2.05) is 54.6 Å². The molecule has 3 aromatic rings. The van der Waals surface area contributed by atoms with Gasteiger partial charge in [0.25, 0.3) is 5.56 Å². The van der Waals surface area contributed by atoms with Crippen molar-refractivity contribution in [2.75, 3.05) is 20.3 Å². The van der Waals surface area contributed by atoms with Gasteiger partial charge in [-0.1, -0.05) is 42.5 Å². The van der Waals surface area contributed by atoms with Crippen molar-refractivity contribution in [3.05, 3.63) is 71.0 Å². The van der Waals surface area contributed by atoms with Gasteiger partial charge in [-0.05, 0) is 55.2 Å². The fourth-order valence-electron chi connectivity index (χ4n) is 4.56. The first-order valence-corrected chi connectivity index (χ1v) is 11.6. The fourth-order valence-corrected chi connectivity index (χ4v) is 4.56. The van der Waals surface area contributed by atoms with Crippen LogP contribution in [0.3, 0.4) is 0 Å². The lowest BCUT2D eigenvalue weighted by molar-refractivity contribution is -0.142. The van der Waals surface area contributed by atoms with Gasteiger partial charge in [-0.15, -0.1) is 0 Å². The second-order valence-electron chi connectivity index (χ2n) is 8.82. The van der Waals surface area contributed by atoms with Crippen LogP contribution >= 0.6 is 0 Å². The van der Waals surface area contributed by atoms with Crippen molar-refractivity contribution in [1.82, 2.24) is 9.78 Å². The van der Waals surface area contributed by atoms with Crippen molar-refractivity contribution in [2.24, 2.45) is 11.8 Å². The zero-order chi connectivity index (χ0) is 23.9. The van der Waals surface area contributed by atoms with Gasteiger partial charge in [-0.3, -0.25) is 4.79 Å². The molecule has 0 atom stereocenters. The number of methoxy groups -OCH3 is 1. The number of aliphatic carboxylic acids is 1. The van der Waals surface area contributed by atoms with E-state index in [1.165, 1.54) is 0 Å². The monoisotopic (exact) mass is 462 g/mol. The molecule has 1 fully saturated rings. The van der Waals surface area contributed by atoms with E-state index in [-0.39, 0.29) is 12.2 Å². The first-order chi connectivity index (χ1) is 16.5. The SMILES string of the molecule is COc1ccc(-c2cc(=O)n(C[C@H]3CC[C@H](COCC(=O)O)CC3)nc2-c2ccccc2)cc1. The summed E-state index contributed by atoms with van der Waals surface area (Å²) in [6, 6.07) is 19.3. The maximum Gasteiger partial charge on any atom is 0.329 e. The van der Waals surface area contributed by atoms with Crippen LogP contribution in [0.5, 0.6) is 5.75 Å². The maximum atomic E-state index is 13.1. The first-order valence-electron chi connectivity index (χ1n) is 11.6. The van der Waals surface area contributed by atoms with Crippen LogP contribution in [0, 0.1) is 11.8 Å². The molecule has 0 amide bonds. The zero-order valence-electron chi connectivity index (χ0n) is 19.4. The topological polar surface area (TPSA) is 90.7 Å². The standard InChI is InChI=1S/C27H30N2O5/c1-33-23-13-11-21(12-14-23)24-15-25(30)29(28-27(24)22-5-3-2-4-6-22)16-19-7-9-20(10-8-19)17-34-18-26(31)32/h2-6,11-15,19-20H,7-10,16-18H2,1H3,(H,31,32)/t19-,20-. The normalized spacial score (nSPS) is 17.9. The zero-order valence-corrected chi connectivity index (χ0v) is 19.4. The second-order valence-corrected chi connectivity index (χ2v) is 8.82. The summed E-state index contributed by atoms with van der Waals surface area (Å²) in [6.45, 7) is 0.804. The molecule has 0 saturated heterocycles. The molecule has 34 heavy (non-hydrogen) atoms. The molecule has 1 aliphatic carbocycles. The Labute approximate surface area is 199 Å². The van der Waals surface area contributed by atoms with Gasteiger partial charge >= 0.3 is 5.97 Å². The van der Waals surface area contributed by atoms with Crippen molar-refractivity contribution >= 4 is 5.97 Å². The third kappa shape index (κ3) is 5.91. The molecule has 178 valence electrons. The minimum absolute atomic E-state index is 0.114. The number of hydrogen-bond donors (Lipinski definition) is 1. The quantitative estimate of drug-likeness (QED) is 0.504. The highest BCUT2D eigenvalue weighted by Gasteiger charge is 2.23. The van der Waals surface area contributed by atoms with Crippen molar-refractivity contribution in [3.8, 4) is 28.1 Å². The number of nitrogens with zero attached hydrogens (tertiary/aromatic N) is 2. The van der Waals surface area contributed by atoms with Crippen molar-refractivity contribution in [1.29, 1.82) is 0 Å². The third-order valence-corrected chi connectivity index (χ3v) is 6.42. The largest absolute Gasteiger partial charge is 0.497 e. The van der Waals surface area contributed by atoms with Crippen molar-refractivity contribution in [2.45, 2.75) is 32.2 Å². The average molecular weight is 463 g/mol. The number of benzene rings is 2. The minimum atomic E-state index is -0.938. The molecule has 0 spiro atoms. The average Bonchev–Trinajstić information content (AvgIpc) is 2.86. The van der Waals surface area contributed by atoms with Crippen molar-refractivity contribution in [3.63, 3.8) is 0 Å². The molecule has 1 aliphatic rings. The Morgan fingerprint density at radius 1 is 1.00 bits per heavy atom. The third-order valence-electron chi connectivity index (χ3n) is 6.42. The second kappa shape index (κ2) is 11.1. The van der Waals surface area contributed by atoms with Gasteiger partial charge in [0.1, 0.15) is 12.4 Å². The van der Waals surface area contributed by atoms with Crippen LogP contribution in [0.15, 0.2) is 65.5 Å². The van der Waals surface area contributed by atoms with E-state index < -0.39 is 5.97 Å². The van der Waals surface area contributed by atoms with Gasteiger partial charge in [-0.2, -0.15) is 5.10 Å². The summed E-state index contributed by atoms with van der Waals surface area (Å²) < 4.78 is 12.1. The van der Waals surface area contributed by atoms with E-state index in [1.54, 1.807) is 17.9 Å². The summed E-state index contributed by atoms with van der Waals surface area (Å²) in [5, 5.41) is 13.6. The molecular formula is C27H30N2O5. The molecule has 1 N–H and O–H groups in total. The van der Waals surface area contributed by atoms with Crippen LogP contribution in [-0.2, 0) is 16.1 Å². The van der Waals surface area contributed by atoms with Gasteiger partial charge < -0.3 is 14.6 Å². The highest BCUT2D eigenvalue weighted by atomic mass is 16.5. The number of rotatable bonds is 9. The summed E-state index contributed by atoms with van der Waals surface area (Å²) in [4.78, 5) is 23.7. The number of carboxylic acids is 1. The van der Waals surface area contributed by atoms with Gasteiger partial charge in [0.05, 0.1) is 19.4 Å². The maximum absolute atomic E-state index is 13.1. The lowest BCUT2D eigenvalue weighted by atomic mass is 9.82. The minimum Gasteiger partial charge on any atom is -0.497 e. The summed E-state index contributed by atoms with van der Waals surface area (Å²) in [7, 11) is 1.63. The van der Waals surface area contributed by atoms with Crippen LogP contribution in [0.25, 0.3) is 22.4 Å². The summed E-state index contributed by atoms with van der Waals surface area (Å²) in [5.41, 5.74) is 3.34. The molecule has 2 aromatic carbocycles. The Hall–Kier alpha value is -3.45. The molecule has 7 nitrogen and oxygen atoms in total. The van der Waals surface area contributed by atoms with E-state index in [0.29, 0.717) is 25.0 Å². The van der Waals surface area contributed by atoms with E-state index in [0.717, 1.165) is 53.8 Å². The summed E-state index contributed by atoms with van der Waals surface area (Å²) >= 11 is 0. The van der Waals surface area contributed by atoms with Crippen LogP contribution in [0.2, 0.25) is 0 Å². The molecule has 4 rings (SSSR count). The van der Waals surface area contributed by atoms with Gasteiger partial charge in [-0.25, -0.2) is 9.48 Å². The number of carbonyl (C=O) groups is 1. The number of aromatic nitrogens is 2. The van der Waals surface area contributed by atoms with E-state index >= 15 is 0 Å². The lowest BCUT2D eigenvalue weighted by Crippen LogP contribution is -2.29.